The number of hydrogen-bond acceptors (Lipinski definition) is 4. The van der Waals surface area contributed by atoms with Crippen molar-refractivity contribution >= 4 is 10.2 Å². The molecule has 0 aromatic rings. The molecule has 0 aliphatic carbocycles. The Labute approximate surface area is 120 Å². The van der Waals surface area contributed by atoms with Gasteiger partial charge in [0.2, 0.25) is 0 Å². The largest absolute Gasteiger partial charge is 0.380 e. The van der Waals surface area contributed by atoms with Gasteiger partial charge in [-0.3, -0.25) is 0 Å². The minimum atomic E-state index is -0.518. The lowest BCUT2D eigenvalue weighted by Gasteiger charge is -2.44. The first-order valence-electron chi connectivity index (χ1n) is 7.65. The fourth-order valence-electron chi connectivity index (χ4n) is 2.20. The smallest absolute Gasteiger partial charge is 0.167 e. The first-order valence-corrected chi connectivity index (χ1v) is 8.65. The average molecular weight is 290 g/mol. The molecule has 0 radical (unpaired) electrons. The molecule has 1 aliphatic rings. The van der Waals surface area contributed by atoms with E-state index in [0.717, 1.165) is 62.5 Å². The van der Waals surface area contributed by atoms with E-state index in [4.69, 9.17) is 18.9 Å². The zero-order valence-electron chi connectivity index (χ0n) is 12.9. The highest BCUT2D eigenvalue weighted by molar-refractivity contribution is 6.14. The minimum absolute atomic E-state index is 0.0194. The van der Waals surface area contributed by atoms with Crippen molar-refractivity contribution in [2.45, 2.75) is 51.5 Å². The van der Waals surface area contributed by atoms with Gasteiger partial charge < -0.3 is 18.9 Å². The predicted molar refractivity (Wildman–Crippen MR) is 79.5 cm³/mol. The molecule has 1 heterocycles. The summed E-state index contributed by atoms with van der Waals surface area (Å²) in [5.74, 6) is 0.415. The van der Waals surface area contributed by atoms with Gasteiger partial charge in [0.1, 0.15) is 6.10 Å². The molecule has 114 valence electrons. The van der Waals surface area contributed by atoms with E-state index in [1.165, 1.54) is 0 Å². The van der Waals surface area contributed by atoms with Crippen molar-refractivity contribution in [2.24, 2.45) is 5.92 Å². The summed E-state index contributed by atoms with van der Waals surface area (Å²) in [6.07, 6.45) is 3.04. The van der Waals surface area contributed by atoms with Crippen molar-refractivity contribution in [3.8, 4) is 0 Å². The molecule has 5 heteroatoms. The molecule has 0 saturated carbocycles. The summed E-state index contributed by atoms with van der Waals surface area (Å²) < 4.78 is 23.5. The van der Waals surface area contributed by atoms with Crippen LogP contribution in [0.5, 0.6) is 0 Å². The van der Waals surface area contributed by atoms with Crippen LogP contribution in [0, 0.1) is 5.92 Å². The highest BCUT2D eigenvalue weighted by Crippen LogP contribution is 2.29. The molecule has 0 aromatic carbocycles. The fraction of sp³-hybridized carbons (Fsp3) is 1.00. The van der Waals surface area contributed by atoms with E-state index in [1.807, 2.05) is 0 Å². The van der Waals surface area contributed by atoms with Crippen LogP contribution in [0.15, 0.2) is 0 Å². The highest BCUT2D eigenvalue weighted by atomic mass is 28.1. The Hall–Kier alpha value is 0.0569. The standard InChI is InChI=1S/C14H30O4Si/c1-4-7-16-13(12-10-15-11-12)14(19,17-8-5-2)18-9-6-3/h12-13H,4-11H2,1-3,19H3. The van der Waals surface area contributed by atoms with Gasteiger partial charge in [0.05, 0.1) is 23.5 Å². The molecule has 1 fully saturated rings. The molecule has 1 unspecified atom stereocenters. The third kappa shape index (κ3) is 5.15. The molecule has 0 aromatic heterocycles. The Balaban J connectivity index is 2.68. The Morgan fingerprint density at radius 2 is 1.58 bits per heavy atom. The predicted octanol–water partition coefficient (Wildman–Crippen LogP) is 1.30. The molecule has 0 spiro atoms. The zero-order valence-corrected chi connectivity index (χ0v) is 14.9. The maximum absolute atomic E-state index is 6.06. The van der Waals surface area contributed by atoms with Crippen molar-refractivity contribution in [3.05, 3.63) is 0 Å². The summed E-state index contributed by atoms with van der Waals surface area (Å²) in [6.45, 7) is 10.1. The summed E-state index contributed by atoms with van der Waals surface area (Å²) in [5.41, 5.74) is -0.518. The van der Waals surface area contributed by atoms with Gasteiger partial charge in [-0.15, -0.1) is 0 Å². The second-order valence-corrected chi connectivity index (χ2v) is 6.70. The van der Waals surface area contributed by atoms with E-state index >= 15 is 0 Å². The van der Waals surface area contributed by atoms with E-state index in [2.05, 4.69) is 20.8 Å². The van der Waals surface area contributed by atoms with Crippen molar-refractivity contribution in [1.82, 2.24) is 0 Å². The molecule has 4 nitrogen and oxygen atoms in total. The van der Waals surface area contributed by atoms with E-state index in [9.17, 15) is 0 Å². The van der Waals surface area contributed by atoms with Gasteiger partial charge in [-0.05, 0) is 19.3 Å². The average Bonchev–Trinajstić information content (AvgIpc) is 2.36. The molecule has 1 rings (SSSR count). The second kappa shape index (κ2) is 9.08. The van der Waals surface area contributed by atoms with Gasteiger partial charge in [-0.1, -0.05) is 20.8 Å². The van der Waals surface area contributed by atoms with Crippen LogP contribution in [0.2, 0.25) is 0 Å². The van der Waals surface area contributed by atoms with Gasteiger partial charge >= 0.3 is 0 Å². The maximum Gasteiger partial charge on any atom is 0.167 e. The van der Waals surface area contributed by atoms with Crippen LogP contribution < -0.4 is 0 Å². The third-order valence-electron chi connectivity index (χ3n) is 3.30. The molecule has 1 aliphatic heterocycles. The second-order valence-electron chi connectivity index (χ2n) is 5.30. The molecule has 19 heavy (non-hydrogen) atoms. The van der Waals surface area contributed by atoms with E-state index < -0.39 is 5.41 Å². The molecular formula is C14H30O4Si. The van der Waals surface area contributed by atoms with Crippen molar-refractivity contribution < 1.29 is 18.9 Å². The highest BCUT2D eigenvalue weighted by Gasteiger charge is 2.44. The zero-order chi connectivity index (χ0) is 14.1. The topological polar surface area (TPSA) is 36.9 Å². The van der Waals surface area contributed by atoms with Gasteiger partial charge in [0, 0.05) is 25.7 Å². The monoisotopic (exact) mass is 290 g/mol. The lowest BCUT2D eigenvalue weighted by Crippen LogP contribution is -2.57. The van der Waals surface area contributed by atoms with Gasteiger partial charge in [0.25, 0.3) is 0 Å². The molecule has 1 saturated heterocycles. The molecule has 0 bridgehead atoms. The van der Waals surface area contributed by atoms with E-state index in [-0.39, 0.29) is 6.10 Å². The summed E-state index contributed by atoms with van der Waals surface area (Å²) in [7, 11) is 0.808. The number of hydrogen-bond donors (Lipinski definition) is 0. The summed E-state index contributed by atoms with van der Waals surface area (Å²) >= 11 is 0. The first-order chi connectivity index (χ1) is 9.18. The fourth-order valence-corrected chi connectivity index (χ4v) is 3.25. The summed E-state index contributed by atoms with van der Waals surface area (Å²) in [4.78, 5) is 0. The summed E-state index contributed by atoms with van der Waals surface area (Å²) in [5, 5.41) is 0. The van der Waals surface area contributed by atoms with Crippen LogP contribution in [0.3, 0.4) is 0 Å². The summed E-state index contributed by atoms with van der Waals surface area (Å²) in [6, 6.07) is 0. The van der Waals surface area contributed by atoms with Gasteiger partial charge in [-0.2, -0.15) is 0 Å². The maximum atomic E-state index is 6.06. The molecular weight excluding hydrogens is 260 g/mol. The number of ether oxygens (including phenoxy) is 4. The van der Waals surface area contributed by atoms with Crippen LogP contribution in [0.25, 0.3) is 0 Å². The lowest BCUT2D eigenvalue weighted by molar-refractivity contribution is -0.271. The van der Waals surface area contributed by atoms with Gasteiger partial charge in [-0.25, -0.2) is 0 Å². The van der Waals surface area contributed by atoms with Crippen LogP contribution >= 0.6 is 0 Å². The molecule has 1 atom stereocenters. The van der Waals surface area contributed by atoms with Gasteiger partial charge in [0.15, 0.2) is 5.41 Å². The Kier molecular flexibility index (Phi) is 8.17. The van der Waals surface area contributed by atoms with Crippen molar-refractivity contribution in [1.29, 1.82) is 0 Å². The van der Waals surface area contributed by atoms with E-state index in [0.29, 0.717) is 5.92 Å². The van der Waals surface area contributed by atoms with Crippen molar-refractivity contribution in [3.63, 3.8) is 0 Å². The lowest BCUT2D eigenvalue weighted by atomic mass is 9.99. The Morgan fingerprint density at radius 1 is 1.05 bits per heavy atom. The quantitative estimate of drug-likeness (QED) is 0.424. The SMILES string of the molecule is CCCOC(C1COC1)C([SiH3])(OCCC)OCCC. The first kappa shape index (κ1) is 17.1. The van der Waals surface area contributed by atoms with Crippen molar-refractivity contribution in [2.75, 3.05) is 33.0 Å². The molecule has 0 amide bonds. The third-order valence-corrected chi connectivity index (χ3v) is 4.44. The van der Waals surface area contributed by atoms with Crippen LogP contribution in [0.1, 0.15) is 40.0 Å². The Morgan fingerprint density at radius 3 is 1.95 bits per heavy atom. The van der Waals surface area contributed by atoms with E-state index in [1.54, 1.807) is 0 Å². The number of rotatable bonds is 11. The Bertz CT molecular complexity index is 225. The minimum Gasteiger partial charge on any atom is -0.380 e. The van der Waals surface area contributed by atoms with Crippen LogP contribution in [-0.2, 0) is 18.9 Å². The normalized spacial score (nSPS) is 18.5. The van der Waals surface area contributed by atoms with Crippen LogP contribution in [0.4, 0.5) is 0 Å². The van der Waals surface area contributed by atoms with Crippen LogP contribution in [-0.4, -0.2) is 54.8 Å². The molecule has 0 N–H and O–H groups in total.